The van der Waals surface area contributed by atoms with E-state index in [4.69, 9.17) is 5.11 Å². The van der Waals surface area contributed by atoms with Crippen LogP contribution in [0.3, 0.4) is 0 Å². The Morgan fingerprint density at radius 2 is 1.94 bits per heavy atom. The number of halogens is 1. The second-order valence-corrected chi connectivity index (χ2v) is 8.20. The van der Waals surface area contributed by atoms with Gasteiger partial charge < -0.3 is 10.0 Å². The summed E-state index contributed by atoms with van der Waals surface area (Å²) in [7, 11) is 0. The number of piperidine rings is 1. The number of hydrogen-bond acceptors (Lipinski definition) is 4. The summed E-state index contributed by atoms with van der Waals surface area (Å²) < 4.78 is 16.8. The molecule has 4 heterocycles. The molecule has 31 heavy (non-hydrogen) atoms. The molecular weight excluding hydrogens is 397 g/mol. The van der Waals surface area contributed by atoms with Gasteiger partial charge in [0.05, 0.1) is 17.6 Å². The number of carboxylic acid groups (broad SMARTS) is 1. The van der Waals surface area contributed by atoms with E-state index in [1.165, 1.54) is 11.0 Å². The third-order valence-electron chi connectivity index (χ3n) is 6.02. The van der Waals surface area contributed by atoms with Gasteiger partial charge in [0.2, 0.25) is 0 Å². The van der Waals surface area contributed by atoms with Gasteiger partial charge in [-0.25, -0.2) is 18.7 Å². The maximum atomic E-state index is 15.1. The first-order valence-electron chi connectivity index (χ1n) is 10.3. The van der Waals surface area contributed by atoms with Crippen LogP contribution in [0.15, 0.2) is 36.7 Å². The van der Waals surface area contributed by atoms with Crippen LogP contribution in [-0.2, 0) is 0 Å². The molecule has 0 saturated carbocycles. The Morgan fingerprint density at radius 1 is 1.16 bits per heavy atom. The molecule has 0 radical (unpaired) electrons. The van der Waals surface area contributed by atoms with Gasteiger partial charge in [0, 0.05) is 47.2 Å². The lowest BCUT2D eigenvalue weighted by molar-refractivity contribution is 0.131. The molecular formula is C23H22FN5O2. The van der Waals surface area contributed by atoms with Crippen LogP contribution < -0.4 is 0 Å². The normalized spacial score (nSPS) is 15.1. The summed E-state index contributed by atoms with van der Waals surface area (Å²) in [4.78, 5) is 21.6. The lowest BCUT2D eigenvalue weighted by Crippen LogP contribution is -2.36. The average Bonchev–Trinajstić information content (AvgIpc) is 3.14. The first-order valence-corrected chi connectivity index (χ1v) is 10.3. The minimum absolute atomic E-state index is 0.135. The van der Waals surface area contributed by atoms with E-state index in [-0.39, 0.29) is 11.7 Å². The Balaban J connectivity index is 1.49. The quantitative estimate of drug-likeness (QED) is 0.515. The molecule has 4 aromatic rings. The van der Waals surface area contributed by atoms with Crippen LogP contribution >= 0.6 is 0 Å². The lowest BCUT2D eigenvalue weighted by atomic mass is 9.92. The number of benzene rings is 1. The van der Waals surface area contributed by atoms with Crippen molar-refractivity contribution < 1.29 is 14.3 Å². The zero-order valence-electron chi connectivity index (χ0n) is 17.3. The Morgan fingerprint density at radius 3 is 2.68 bits per heavy atom. The van der Waals surface area contributed by atoms with Crippen molar-refractivity contribution in [1.29, 1.82) is 0 Å². The Hall–Kier alpha value is -3.55. The fourth-order valence-corrected chi connectivity index (χ4v) is 4.35. The molecule has 0 unspecified atom stereocenters. The number of likely N-dealkylation sites (tertiary alicyclic amines) is 1. The van der Waals surface area contributed by atoms with Crippen LogP contribution in [0.2, 0.25) is 0 Å². The highest BCUT2D eigenvalue weighted by molar-refractivity contribution is 5.87. The molecule has 5 rings (SSSR count). The van der Waals surface area contributed by atoms with Crippen molar-refractivity contribution in [3.05, 3.63) is 59.4 Å². The van der Waals surface area contributed by atoms with Crippen molar-refractivity contribution >= 4 is 22.5 Å². The van der Waals surface area contributed by atoms with E-state index in [0.717, 1.165) is 22.6 Å². The minimum atomic E-state index is -0.892. The molecule has 1 aromatic carbocycles. The van der Waals surface area contributed by atoms with Crippen LogP contribution in [0.5, 0.6) is 0 Å². The Bertz CT molecular complexity index is 1320. The predicted octanol–water partition coefficient (Wildman–Crippen LogP) is 4.56. The smallest absolute Gasteiger partial charge is 0.407 e. The zero-order chi connectivity index (χ0) is 21.7. The highest BCUT2D eigenvalue weighted by atomic mass is 19.1. The minimum Gasteiger partial charge on any atom is -0.465 e. The van der Waals surface area contributed by atoms with Crippen molar-refractivity contribution in [2.24, 2.45) is 0 Å². The molecule has 0 bridgehead atoms. The highest BCUT2D eigenvalue weighted by Crippen LogP contribution is 2.31. The van der Waals surface area contributed by atoms with Gasteiger partial charge in [-0.1, -0.05) is 0 Å². The van der Waals surface area contributed by atoms with E-state index in [1.54, 1.807) is 16.8 Å². The number of nitrogens with zero attached hydrogens (tertiary/aromatic N) is 5. The van der Waals surface area contributed by atoms with Gasteiger partial charge in [-0.3, -0.25) is 4.98 Å². The molecule has 7 nitrogen and oxygen atoms in total. The number of imidazole rings is 1. The first-order chi connectivity index (χ1) is 14.9. The summed E-state index contributed by atoms with van der Waals surface area (Å²) in [5, 5.41) is 15.0. The van der Waals surface area contributed by atoms with Crippen molar-refractivity contribution in [2.75, 3.05) is 13.1 Å². The fourth-order valence-electron chi connectivity index (χ4n) is 4.35. The molecule has 1 aliphatic rings. The van der Waals surface area contributed by atoms with Crippen LogP contribution in [0, 0.1) is 19.7 Å². The maximum Gasteiger partial charge on any atom is 0.407 e. The Labute approximate surface area is 178 Å². The van der Waals surface area contributed by atoms with E-state index in [9.17, 15) is 4.79 Å². The molecule has 0 atom stereocenters. The summed E-state index contributed by atoms with van der Waals surface area (Å²) in [6, 6.07) is 7.13. The molecule has 0 spiro atoms. The van der Waals surface area contributed by atoms with Crippen molar-refractivity contribution in [1.82, 2.24) is 24.5 Å². The molecule has 1 aliphatic heterocycles. The number of aromatic nitrogens is 4. The summed E-state index contributed by atoms with van der Waals surface area (Å²) in [5.74, 6) is -0.184. The zero-order valence-corrected chi connectivity index (χ0v) is 17.3. The van der Waals surface area contributed by atoms with Crippen molar-refractivity contribution in [3.8, 4) is 11.3 Å². The largest absolute Gasteiger partial charge is 0.465 e. The maximum absolute atomic E-state index is 15.1. The second kappa shape index (κ2) is 7.30. The van der Waals surface area contributed by atoms with E-state index in [2.05, 4.69) is 15.1 Å². The molecule has 8 heteroatoms. The third-order valence-corrected chi connectivity index (χ3v) is 6.02. The van der Waals surface area contributed by atoms with Crippen LogP contribution in [0.25, 0.3) is 27.7 Å². The molecule has 1 N–H and O–H groups in total. The number of hydrogen-bond donors (Lipinski definition) is 1. The van der Waals surface area contributed by atoms with Gasteiger partial charge in [-0.15, -0.1) is 0 Å². The van der Waals surface area contributed by atoms with Gasteiger partial charge in [0.25, 0.3) is 0 Å². The summed E-state index contributed by atoms with van der Waals surface area (Å²) in [6.45, 7) is 4.83. The number of rotatable bonds is 2. The van der Waals surface area contributed by atoms with Gasteiger partial charge in [0.1, 0.15) is 5.82 Å². The number of amides is 1. The standard InChI is InChI=1S/C23H22FN5O2/c1-13-7-21(27-29-12-14(2)26-22(13)29)16-8-17-11-25-20(10-18(17)19(24)9-16)15-3-5-28(6-4-15)23(30)31/h7-12,15H,3-6H2,1-2H3,(H,30,31). The number of aryl methyl sites for hydroxylation is 2. The van der Waals surface area contributed by atoms with E-state index in [1.807, 2.05) is 32.2 Å². The topological polar surface area (TPSA) is 83.6 Å². The third kappa shape index (κ3) is 3.48. The molecule has 1 saturated heterocycles. The average molecular weight is 419 g/mol. The molecule has 3 aromatic heterocycles. The summed E-state index contributed by atoms with van der Waals surface area (Å²) >= 11 is 0. The monoisotopic (exact) mass is 419 g/mol. The molecule has 1 amide bonds. The number of carbonyl (C=O) groups is 1. The molecule has 1 fully saturated rings. The highest BCUT2D eigenvalue weighted by Gasteiger charge is 2.24. The summed E-state index contributed by atoms with van der Waals surface area (Å²) in [5.41, 5.74) is 4.82. The first kappa shape index (κ1) is 19.4. The van der Waals surface area contributed by atoms with Crippen LogP contribution in [-0.4, -0.2) is 48.8 Å². The number of pyridine rings is 1. The second-order valence-electron chi connectivity index (χ2n) is 8.20. The van der Waals surface area contributed by atoms with Crippen molar-refractivity contribution in [3.63, 3.8) is 0 Å². The van der Waals surface area contributed by atoms with E-state index >= 15 is 4.39 Å². The Kier molecular flexibility index (Phi) is 4.57. The number of fused-ring (bicyclic) bond motifs is 2. The van der Waals surface area contributed by atoms with Gasteiger partial charge in [-0.2, -0.15) is 5.10 Å². The lowest BCUT2D eigenvalue weighted by Gasteiger charge is -2.29. The van der Waals surface area contributed by atoms with Gasteiger partial charge in [0.15, 0.2) is 5.65 Å². The van der Waals surface area contributed by atoms with Gasteiger partial charge in [-0.05, 0) is 56.5 Å². The van der Waals surface area contributed by atoms with Crippen molar-refractivity contribution in [2.45, 2.75) is 32.6 Å². The fraction of sp³-hybridized carbons (Fsp3) is 0.304. The van der Waals surface area contributed by atoms with E-state index in [0.29, 0.717) is 48.0 Å². The van der Waals surface area contributed by atoms with Gasteiger partial charge >= 0.3 is 6.09 Å². The molecule has 158 valence electrons. The molecule has 0 aliphatic carbocycles. The van der Waals surface area contributed by atoms with E-state index < -0.39 is 6.09 Å². The summed E-state index contributed by atoms with van der Waals surface area (Å²) in [6.07, 6.45) is 4.05. The predicted molar refractivity (Wildman–Crippen MR) is 115 cm³/mol. The van der Waals surface area contributed by atoms with Crippen LogP contribution in [0.1, 0.15) is 35.7 Å². The SMILES string of the molecule is Cc1cn2nc(-c3cc(F)c4cc(C5CCN(C(=O)O)CC5)ncc4c3)cc(C)c2n1. The van der Waals surface area contributed by atoms with Crippen LogP contribution in [0.4, 0.5) is 9.18 Å².